The lowest BCUT2D eigenvalue weighted by Gasteiger charge is -2.20. The summed E-state index contributed by atoms with van der Waals surface area (Å²) in [6.07, 6.45) is 2.37. The van der Waals surface area contributed by atoms with Crippen molar-refractivity contribution in [3.63, 3.8) is 0 Å². The first kappa shape index (κ1) is 15.8. The van der Waals surface area contributed by atoms with E-state index in [0.29, 0.717) is 0 Å². The number of benzene rings is 1. The van der Waals surface area contributed by atoms with Crippen LogP contribution in [0.5, 0.6) is 0 Å². The van der Waals surface area contributed by atoms with Crippen LogP contribution in [-0.4, -0.2) is 43.4 Å². The van der Waals surface area contributed by atoms with Gasteiger partial charge in [-0.1, -0.05) is 22.0 Å². The number of hydrogen-bond donors (Lipinski definition) is 2. The number of carbonyl (C=O) groups excluding carboxylic acids is 1. The number of aliphatic imine (C=N–C) groups is 1. The van der Waals surface area contributed by atoms with E-state index in [9.17, 15) is 4.79 Å². The van der Waals surface area contributed by atoms with Gasteiger partial charge in [-0.25, -0.2) is 0 Å². The van der Waals surface area contributed by atoms with Crippen LogP contribution >= 0.6 is 15.9 Å². The third kappa shape index (κ3) is 4.46. The van der Waals surface area contributed by atoms with Gasteiger partial charge in [-0.3, -0.25) is 9.79 Å². The van der Waals surface area contributed by atoms with Gasteiger partial charge in [0.1, 0.15) is 0 Å². The minimum absolute atomic E-state index is 0.0726. The van der Waals surface area contributed by atoms with Gasteiger partial charge in [0.2, 0.25) is 5.91 Å². The Bertz CT molecular complexity index is 538. The number of carbonyl (C=O) groups is 1. The lowest BCUT2D eigenvalue weighted by Crippen LogP contribution is -2.43. The van der Waals surface area contributed by atoms with Crippen LogP contribution in [0.2, 0.25) is 0 Å². The summed E-state index contributed by atoms with van der Waals surface area (Å²) < 4.78 is 0.948. The highest BCUT2D eigenvalue weighted by molar-refractivity contribution is 9.10. The number of hydrogen-bond acceptors (Lipinski definition) is 2. The minimum Gasteiger partial charge on any atom is -0.347 e. The van der Waals surface area contributed by atoms with Crippen molar-refractivity contribution in [1.82, 2.24) is 10.2 Å². The Balaban J connectivity index is 1.88. The molecule has 6 heteroatoms. The Morgan fingerprint density at radius 2 is 2.10 bits per heavy atom. The molecule has 1 aromatic carbocycles. The van der Waals surface area contributed by atoms with Crippen molar-refractivity contribution in [3.05, 3.63) is 28.2 Å². The van der Waals surface area contributed by atoms with Crippen LogP contribution in [0.1, 0.15) is 18.4 Å². The molecule has 0 unspecified atom stereocenters. The van der Waals surface area contributed by atoms with Gasteiger partial charge in [-0.2, -0.15) is 0 Å². The van der Waals surface area contributed by atoms with E-state index in [1.165, 1.54) is 12.8 Å². The van der Waals surface area contributed by atoms with E-state index in [0.717, 1.165) is 34.8 Å². The summed E-state index contributed by atoms with van der Waals surface area (Å²) in [6.45, 7) is 4.20. The Labute approximate surface area is 133 Å². The van der Waals surface area contributed by atoms with Gasteiger partial charge in [0, 0.05) is 30.3 Å². The first-order valence-corrected chi connectivity index (χ1v) is 7.91. The third-order valence-electron chi connectivity index (χ3n) is 3.50. The Kier molecular flexibility index (Phi) is 5.61. The van der Waals surface area contributed by atoms with E-state index in [-0.39, 0.29) is 12.5 Å². The summed E-state index contributed by atoms with van der Waals surface area (Å²) in [5.74, 6) is 0.727. The molecule has 2 N–H and O–H groups in total. The topological polar surface area (TPSA) is 56.7 Å². The van der Waals surface area contributed by atoms with Crippen molar-refractivity contribution < 1.29 is 4.79 Å². The van der Waals surface area contributed by atoms with Gasteiger partial charge in [0.25, 0.3) is 0 Å². The molecule has 0 aromatic heterocycles. The molecule has 0 atom stereocenters. The molecule has 0 radical (unpaired) electrons. The molecule has 114 valence electrons. The number of halogens is 1. The number of nitrogens with zero attached hydrogens (tertiary/aromatic N) is 2. The number of rotatable bonds is 3. The van der Waals surface area contributed by atoms with E-state index >= 15 is 0 Å². The van der Waals surface area contributed by atoms with Gasteiger partial charge in [-0.05, 0) is 37.5 Å². The highest BCUT2D eigenvalue weighted by Gasteiger charge is 2.16. The summed E-state index contributed by atoms with van der Waals surface area (Å²) in [5.41, 5.74) is 1.86. The van der Waals surface area contributed by atoms with Crippen molar-refractivity contribution in [2.45, 2.75) is 19.8 Å². The fourth-order valence-corrected chi connectivity index (χ4v) is 2.70. The SMILES string of the molecule is CN=C(NCC(=O)Nc1cc(Br)ccc1C)N1CCCC1. The van der Waals surface area contributed by atoms with Crippen LogP contribution in [0.4, 0.5) is 5.69 Å². The fraction of sp³-hybridized carbons (Fsp3) is 0.467. The molecule has 0 aliphatic carbocycles. The van der Waals surface area contributed by atoms with Gasteiger partial charge >= 0.3 is 0 Å². The quantitative estimate of drug-likeness (QED) is 0.648. The molecule has 1 amide bonds. The molecule has 1 heterocycles. The van der Waals surface area contributed by atoms with Gasteiger partial charge < -0.3 is 15.5 Å². The normalized spacial score (nSPS) is 15.2. The maximum absolute atomic E-state index is 12.0. The number of aryl methyl sites for hydroxylation is 1. The van der Waals surface area contributed by atoms with Crippen molar-refractivity contribution >= 4 is 33.5 Å². The van der Waals surface area contributed by atoms with Crippen LogP contribution < -0.4 is 10.6 Å². The summed E-state index contributed by atoms with van der Waals surface area (Å²) in [4.78, 5) is 18.5. The average molecular weight is 353 g/mol. The number of likely N-dealkylation sites (tertiary alicyclic amines) is 1. The molecule has 1 saturated heterocycles. The summed E-state index contributed by atoms with van der Waals surface area (Å²) in [6, 6.07) is 5.83. The third-order valence-corrected chi connectivity index (χ3v) is 3.99. The van der Waals surface area contributed by atoms with Crippen LogP contribution in [0.25, 0.3) is 0 Å². The molecular weight excluding hydrogens is 332 g/mol. The standard InChI is InChI=1S/C15H21BrN4O/c1-11-5-6-12(16)9-13(11)19-14(21)10-18-15(17-2)20-7-3-4-8-20/h5-6,9H,3-4,7-8,10H2,1-2H3,(H,17,18)(H,19,21). The van der Waals surface area contributed by atoms with E-state index in [2.05, 4.69) is 36.5 Å². The first-order chi connectivity index (χ1) is 10.1. The van der Waals surface area contributed by atoms with Crippen molar-refractivity contribution in [3.8, 4) is 0 Å². The van der Waals surface area contributed by atoms with E-state index in [4.69, 9.17) is 0 Å². The first-order valence-electron chi connectivity index (χ1n) is 7.12. The molecular formula is C15H21BrN4O. The van der Waals surface area contributed by atoms with E-state index in [1.54, 1.807) is 7.05 Å². The van der Waals surface area contributed by atoms with Crippen molar-refractivity contribution in [2.24, 2.45) is 4.99 Å². The lowest BCUT2D eigenvalue weighted by molar-refractivity contribution is -0.115. The summed E-state index contributed by atoms with van der Waals surface area (Å²) in [7, 11) is 1.75. The molecule has 1 fully saturated rings. The fourth-order valence-electron chi connectivity index (χ4n) is 2.34. The number of nitrogens with one attached hydrogen (secondary N) is 2. The summed E-state index contributed by atoms with van der Waals surface area (Å²) in [5, 5.41) is 6.03. The smallest absolute Gasteiger partial charge is 0.243 e. The van der Waals surface area contributed by atoms with Crippen molar-refractivity contribution in [1.29, 1.82) is 0 Å². The Morgan fingerprint density at radius 1 is 1.38 bits per heavy atom. The zero-order valence-electron chi connectivity index (χ0n) is 12.4. The van der Waals surface area contributed by atoms with Gasteiger partial charge in [0.15, 0.2) is 5.96 Å². The van der Waals surface area contributed by atoms with Crippen LogP contribution in [0, 0.1) is 6.92 Å². The Hall–Kier alpha value is -1.56. The molecule has 0 saturated carbocycles. The highest BCUT2D eigenvalue weighted by Crippen LogP contribution is 2.20. The highest BCUT2D eigenvalue weighted by atomic mass is 79.9. The van der Waals surface area contributed by atoms with Crippen LogP contribution in [-0.2, 0) is 4.79 Å². The second-order valence-corrected chi connectivity index (χ2v) is 6.02. The van der Waals surface area contributed by atoms with Gasteiger partial charge in [0.05, 0.1) is 6.54 Å². The molecule has 0 bridgehead atoms. The van der Waals surface area contributed by atoms with Crippen LogP contribution in [0.15, 0.2) is 27.7 Å². The number of anilines is 1. The number of guanidine groups is 1. The monoisotopic (exact) mass is 352 g/mol. The predicted molar refractivity (Wildman–Crippen MR) is 89.7 cm³/mol. The number of amides is 1. The zero-order valence-corrected chi connectivity index (χ0v) is 14.0. The molecule has 21 heavy (non-hydrogen) atoms. The van der Waals surface area contributed by atoms with E-state index < -0.39 is 0 Å². The molecule has 5 nitrogen and oxygen atoms in total. The molecule has 2 rings (SSSR count). The van der Waals surface area contributed by atoms with Crippen LogP contribution in [0.3, 0.4) is 0 Å². The average Bonchev–Trinajstić information content (AvgIpc) is 2.98. The second-order valence-electron chi connectivity index (χ2n) is 5.10. The molecule has 1 aliphatic rings. The maximum Gasteiger partial charge on any atom is 0.243 e. The lowest BCUT2D eigenvalue weighted by atomic mass is 10.2. The zero-order chi connectivity index (χ0) is 15.2. The molecule has 1 aliphatic heterocycles. The van der Waals surface area contributed by atoms with Crippen molar-refractivity contribution in [2.75, 3.05) is 32.0 Å². The van der Waals surface area contributed by atoms with Gasteiger partial charge in [-0.15, -0.1) is 0 Å². The second kappa shape index (κ2) is 7.45. The minimum atomic E-state index is -0.0726. The molecule has 0 spiro atoms. The Morgan fingerprint density at radius 3 is 2.76 bits per heavy atom. The largest absolute Gasteiger partial charge is 0.347 e. The maximum atomic E-state index is 12.0. The summed E-state index contributed by atoms with van der Waals surface area (Å²) >= 11 is 3.41. The molecule has 1 aromatic rings. The predicted octanol–water partition coefficient (Wildman–Crippen LogP) is 2.37. The van der Waals surface area contributed by atoms with E-state index in [1.807, 2.05) is 25.1 Å².